The van der Waals surface area contributed by atoms with Crippen molar-refractivity contribution in [1.82, 2.24) is 25.0 Å². The molecule has 9 heteroatoms. The number of hydrogen-bond donors (Lipinski definition) is 1. The van der Waals surface area contributed by atoms with Crippen LogP contribution in [0.1, 0.15) is 46.1 Å². The summed E-state index contributed by atoms with van der Waals surface area (Å²) in [6, 6.07) is 8.23. The first kappa shape index (κ1) is 24.1. The number of amides is 2. The lowest BCUT2D eigenvalue weighted by molar-refractivity contribution is -0.119. The Labute approximate surface area is 194 Å². The fraction of sp³-hybridized carbons (Fsp3) is 0.565. The molecule has 1 N–H and O–H groups in total. The summed E-state index contributed by atoms with van der Waals surface area (Å²) in [6.45, 7) is 11.6. The van der Waals surface area contributed by atoms with E-state index in [1.54, 1.807) is 4.90 Å². The molecule has 1 aromatic heterocycles. The van der Waals surface area contributed by atoms with Gasteiger partial charge in [-0.2, -0.15) is 0 Å². The van der Waals surface area contributed by atoms with E-state index in [1.807, 2.05) is 57.4 Å². The minimum Gasteiger partial charge on any atom is -0.444 e. The molecule has 0 unspecified atom stereocenters. The van der Waals surface area contributed by atoms with Gasteiger partial charge in [0.1, 0.15) is 5.60 Å². The van der Waals surface area contributed by atoms with Crippen LogP contribution in [0.15, 0.2) is 29.4 Å². The van der Waals surface area contributed by atoms with E-state index in [4.69, 9.17) is 4.74 Å². The van der Waals surface area contributed by atoms with Gasteiger partial charge in [0.25, 0.3) is 0 Å². The summed E-state index contributed by atoms with van der Waals surface area (Å²) in [7, 11) is 0. The van der Waals surface area contributed by atoms with Crippen LogP contribution in [-0.2, 0) is 16.1 Å². The second-order valence-corrected chi connectivity index (χ2v) is 9.96. The Morgan fingerprint density at radius 2 is 1.94 bits per heavy atom. The number of nitrogens with zero attached hydrogens (tertiary/aromatic N) is 4. The summed E-state index contributed by atoms with van der Waals surface area (Å²) in [5.74, 6) is 1.06. The Hall–Kier alpha value is -2.55. The minimum atomic E-state index is -0.502. The quantitative estimate of drug-likeness (QED) is 0.660. The molecule has 1 fully saturated rings. The van der Waals surface area contributed by atoms with Crippen molar-refractivity contribution < 1.29 is 14.3 Å². The van der Waals surface area contributed by atoms with Crippen LogP contribution in [0.25, 0.3) is 11.4 Å². The van der Waals surface area contributed by atoms with Gasteiger partial charge < -0.3 is 19.5 Å². The molecule has 32 heavy (non-hydrogen) atoms. The Balaban J connectivity index is 1.49. The van der Waals surface area contributed by atoms with Crippen LogP contribution in [0.5, 0.6) is 0 Å². The van der Waals surface area contributed by atoms with Crippen LogP contribution in [0.3, 0.4) is 0 Å². The maximum Gasteiger partial charge on any atom is 0.410 e. The summed E-state index contributed by atoms with van der Waals surface area (Å²) in [5.41, 5.74) is 1.68. The van der Waals surface area contributed by atoms with Gasteiger partial charge in [-0.3, -0.25) is 4.79 Å². The second kappa shape index (κ2) is 10.4. The van der Waals surface area contributed by atoms with E-state index in [0.717, 1.165) is 35.9 Å². The maximum atomic E-state index is 12.5. The number of carbonyl (C=O) groups excluding carboxylic acids is 2. The van der Waals surface area contributed by atoms with Gasteiger partial charge in [-0.1, -0.05) is 35.5 Å². The molecular weight excluding hydrogens is 426 g/mol. The molecule has 1 aliphatic heterocycles. The Bertz CT molecular complexity index is 945. The second-order valence-electron chi connectivity index (χ2n) is 9.02. The maximum absolute atomic E-state index is 12.5. The van der Waals surface area contributed by atoms with Crippen LogP contribution in [0.4, 0.5) is 4.79 Å². The summed E-state index contributed by atoms with van der Waals surface area (Å²) in [6.07, 6.45) is 1.15. The SMILES string of the molecule is CCn1c(SCC(=O)NC2CCN(C(=O)OC(C)(C)C)CC2)nnc1-c1cccc(C)c1. The monoisotopic (exact) mass is 459 g/mol. The van der Waals surface area contributed by atoms with Crippen LogP contribution in [0, 0.1) is 6.92 Å². The number of thioether (sulfide) groups is 1. The number of carbonyl (C=O) groups is 2. The van der Waals surface area contributed by atoms with Crippen molar-refractivity contribution in [3.63, 3.8) is 0 Å². The number of nitrogens with one attached hydrogen (secondary N) is 1. The van der Waals surface area contributed by atoms with Gasteiger partial charge in [0.05, 0.1) is 5.75 Å². The largest absolute Gasteiger partial charge is 0.444 e. The fourth-order valence-corrected chi connectivity index (χ4v) is 4.42. The van der Waals surface area contributed by atoms with E-state index in [9.17, 15) is 9.59 Å². The number of aryl methyl sites for hydroxylation is 1. The molecule has 8 nitrogen and oxygen atoms in total. The van der Waals surface area contributed by atoms with Crippen molar-refractivity contribution in [2.24, 2.45) is 0 Å². The molecule has 0 aliphatic carbocycles. The number of ether oxygens (including phenoxy) is 1. The van der Waals surface area contributed by atoms with E-state index in [0.29, 0.717) is 13.1 Å². The summed E-state index contributed by atoms with van der Waals surface area (Å²) >= 11 is 1.39. The highest BCUT2D eigenvalue weighted by Crippen LogP contribution is 2.24. The molecule has 1 aromatic carbocycles. The van der Waals surface area contributed by atoms with Gasteiger partial charge in [-0.15, -0.1) is 10.2 Å². The molecule has 174 valence electrons. The molecule has 0 bridgehead atoms. The average Bonchev–Trinajstić information content (AvgIpc) is 3.14. The highest BCUT2D eigenvalue weighted by molar-refractivity contribution is 7.99. The molecule has 0 saturated carbocycles. The van der Waals surface area contributed by atoms with E-state index >= 15 is 0 Å². The van der Waals surface area contributed by atoms with Gasteiger partial charge in [-0.25, -0.2) is 4.79 Å². The Morgan fingerprint density at radius 3 is 2.56 bits per heavy atom. The molecule has 3 rings (SSSR count). The lowest BCUT2D eigenvalue weighted by Gasteiger charge is -2.33. The third-order valence-corrected chi connectivity index (χ3v) is 6.12. The summed E-state index contributed by atoms with van der Waals surface area (Å²) < 4.78 is 7.46. The fourth-order valence-electron chi connectivity index (χ4n) is 3.61. The van der Waals surface area contributed by atoms with E-state index in [1.165, 1.54) is 17.3 Å². The average molecular weight is 460 g/mol. The zero-order valence-corrected chi connectivity index (χ0v) is 20.4. The molecular formula is C23H33N5O3S. The minimum absolute atomic E-state index is 0.0338. The molecule has 0 radical (unpaired) electrons. The van der Waals surface area contributed by atoms with Crippen LogP contribution in [-0.4, -0.2) is 62.2 Å². The van der Waals surface area contributed by atoms with Crippen LogP contribution in [0.2, 0.25) is 0 Å². The normalized spacial score (nSPS) is 15.0. The molecule has 2 aromatic rings. The Kier molecular flexibility index (Phi) is 7.82. The standard InChI is InChI=1S/C23H33N5O3S/c1-6-28-20(17-9-7-8-16(2)14-17)25-26-21(28)32-15-19(29)24-18-10-12-27(13-11-18)22(30)31-23(3,4)5/h7-9,14,18H,6,10-13,15H2,1-5H3,(H,24,29). The third-order valence-electron chi connectivity index (χ3n) is 5.15. The van der Waals surface area contributed by atoms with Crippen molar-refractivity contribution >= 4 is 23.8 Å². The van der Waals surface area contributed by atoms with Crippen molar-refractivity contribution in [2.45, 2.75) is 70.8 Å². The van der Waals surface area contributed by atoms with Crippen LogP contribution >= 0.6 is 11.8 Å². The predicted molar refractivity (Wildman–Crippen MR) is 126 cm³/mol. The highest BCUT2D eigenvalue weighted by Gasteiger charge is 2.27. The van der Waals surface area contributed by atoms with Crippen molar-refractivity contribution in [2.75, 3.05) is 18.8 Å². The first-order chi connectivity index (χ1) is 15.2. The number of piperidine rings is 1. The van der Waals surface area contributed by atoms with Gasteiger partial charge in [-0.05, 0) is 53.5 Å². The van der Waals surface area contributed by atoms with Gasteiger partial charge in [0.15, 0.2) is 11.0 Å². The molecule has 1 aliphatic rings. The smallest absolute Gasteiger partial charge is 0.410 e. The number of aromatic nitrogens is 3. The summed E-state index contributed by atoms with van der Waals surface area (Å²) in [5, 5.41) is 12.5. The van der Waals surface area contributed by atoms with Crippen molar-refractivity contribution in [3.05, 3.63) is 29.8 Å². The zero-order chi connectivity index (χ0) is 23.3. The topological polar surface area (TPSA) is 89.4 Å². The van der Waals surface area contributed by atoms with E-state index in [-0.39, 0.29) is 23.8 Å². The predicted octanol–water partition coefficient (Wildman–Crippen LogP) is 3.88. The van der Waals surface area contributed by atoms with Crippen molar-refractivity contribution in [3.8, 4) is 11.4 Å². The number of hydrogen-bond acceptors (Lipinski definition) is 6. The van der Waals surface area contributed by atoms with Gasteiger partial charge in [0, 0.05) is 31.2 Å². The molecule has 0 atom stereocenters. The molecule has 2 heterocycles. The zero-order valence-electron chi connectivity index (χ0n) is 19.6. The molecule has 1 saturated heterocycles. The van der Waals surface area contributed by atoms with Gasteiger partial charge >= 0.3 is 6.09 Å². The summed E-state index contributed by atoms with van der Waals surface area (Å²) in [4.78, 5) is 26.4. The Morgan fingerprint density at radius 1 is 1.22 bits per heavy atom. The number of benzene rings is 1. The first-order valence-electron chi connectivity index (χ1n) is 11.1. The highest BCUT2D eigenvalue weighted by atomic mass is 32.2. The number of likely N-dealkylation sites (tertiary alicyclic amines) is 1. The van der Waals surface area contributed by atoms with Gasteiger partial charge in [0.2, 0.25) is 5.91 Å². The van der Waals surface area contributed by atoms with Crippen LogP contribution < -0.4 is 5.32 Å². The lowest BCUT2D eigenvalue weighted by atomic mass is 10.1. The molecule has 0 spiro atoms. The first-order valence-corrected chi connectivity index (χ1v) is 12.0. The van der Waals surface area contributed by atoms with E-state index in [2.05, 4.69) is 21.6 Å². The number of rotatable bonds is 6. The molecule has 2 amide bonds. The lowest BCUT2D eigenvalue weighted by Crippen LogP contribution is -2.48. The third kappa shape index (κ3) is 6.48. The van der Waals surface area contributed by atoms with Crippen molar-refractivity contribution in [1.29, 1.82) is 0 Å². The van der Waals surface area contributed by atoms with E-state index < -0.39 is 5.60 Å².